The first-order chi connectivity index (χ1) is 11.0. The van der Waals surface area contributed by atoms with Crippen LogP contribution in [-0.4, -0.2) is 29.3 Å². The van der Waals surface area contributed by atoms with Gasteiger partial charge < -0.3 is 0 Å². The van der Waals surface area contributed by atoms with Gasteiger partial charge in [0.2, 0.25) is 0 Å². The molecular formula is C17H19ClN2O3. The van der Waals surface area contributed by atoms with Crippen LogP contribution in [0.1, 0.15) is 38.2 Å². The van der Waals surface area contributed by atoms with Crippen molar-refractivity contribution in [2.45, 2.75) is 32.6 Å². The van der Waals surface area contributed by atoms with E-state index in [0.717, 1.165) is 30.6 Å². The molecule has 0 radical (unpaired) electrons. The highest BCUT2D eigenvalue weighted by Crippen LogP contribution is 2.21. The lowest BCUT2D eigenvalue weighted by Crippen LogP contribution is -2.54. The van der Waals surface area contributed by atoms with Crippen LogP contribution in [0.25, 0.3) is 6.08 Å². The highest BCUT2D eigenvalue weighted by molar-refractivity contribution is 6.34. The average molecular weight is 335 g/mol. The number of barbiturate groups is 1. The Labute approximate surface area is 140 Å². The fourth-order valence-electron chi connectivity index (χ4n) is 2.34. The Morgan fingerprint density at radius 2 is 1.87 bits per heavy atom. The first-order valence-corrected chi connectivity index (χ1v) is 8.05. The summed E-state index contributed by atoms with van der Waals surface area (Å²) in [6, 6.07) is 6.24. The van der Waals surface area contributed by atoms with Gasteiger partial charge in [0.15, 0.2) is 0 Å². The van der Waals surface area contributed by atoms with Gasteiger partial charge in [-0.15, -0.1) is 0 Å². The number of carbonyl (C=O) groups excluding carboxylic acids is 3. The fraction of sp³-hybridized carbons (Fsp3) is 0.353. The van der Waals surface area contributed by atoms with Crippen molar-refractivity contribution < 1.29 is 14.4 Å². The minimum Gasteiger partial charge on any atom is -0.273 e. The van der Waals surface area contributed by atoms with Gasteiger partial charge in [0, 0.05) is 11.6 Å². The monoisotopic (exact) mass is 334 g/mol. The predicted octanol–water partition coefficient (Wildman–Crippen LogP) is 3.38. The molecule has 1 aliphatic heterocycles. The van der Waals surface area contributed by atoms with E-state index in [1.165, 1.54) is 6.08 Å². The lowest BCUT2D eigenvalue weighted by atomic mass is 10.1. The minimum absolute atomic E-state index is 0.0757. The molecule has 1 fully saturated rings. The summed E-state index contributed by atoms with van der Waals surface area (Å²) in [4.78, 5) is 37.4. The summed E-state index contributed by atoms with van der Waals surface area (Å²) in [5.74, 6) is -1.26. The van der Waals surface area contributed by atoms with Gasteiger partial charge in [-0.25, -0.2) is 4.79 Å². The van der Waals surface area contributed by atoms with Crippen molar-refractivity contribution in [1.29, 1.82) is 0 Å². The quantitative estimate of drug-likeness (QED) is 0.492. The number of hydrogen-bond donors (Lipinski definition) is 1. The van der Waals surface area contributed by atoms with E-state index >= 15 is 0 Å². The molecular weight excluding hydrogens is 316 g/mol. The molecule has 0 aromatic heterocycles. The van der Waals surface area contributed by atoms with Gasteiger partial charge in [-0.1, -0.05) is 56.0 Å². The summed E-state index contributed by atoms with van der Waals surface area (Å²) in [5.41, 5.74) is 0.487. The summed E-state index contributed by atoms with van der Waals surface area (Å²) in [6.45, 7) is 2.39. The van der Waals surface area contributed by atoms with Crippen molar-refractivity contribution in [2.24, 2.45) is 0 Å². The number of imide groups is 2. The van der Waals surface area contributed by atoms with E-state index in [0.29, 0.717) is 17.1 Å². The molecule has 0 saturated carbocycles. The van der Waals surface area contributed by atoms with Crippen LogP contribution in [0.15, 0.2) is 29.8 Å². The normalized spacial score (nSPS) is 16.9. The van der Waals surface area contributed by atoms with Crippen molar-refractivity contribution in [3.8, 4) is 0 Å². The number of unbranched alkanes of at least 4 members (excludes halogenated alkanes) is 3. The third-order valence-corrected chi connectivity index (χ3v) is 3.97. The van der Waals surface area contributed by atoms with Crippen molar-refractivity contribution in [3.05, 3.63) is 40.4 Å². The van der Waals surface area contributed by atoms with Crippen molar-refractivity contribution in [2.75, 3.05) is 6.54 Å². The molecule has 0 spiro atoms. The molecule has 1 saturated heterocycles. The fourth-order valence-corrected chi connectivity index (χ4v) is 2.53. The maximum atomic E-state index is 12.5. The lowest BCUT2D eigenvalue weighted by molar-refractivity contribution is -0.130. The Balaban J connectivity index is 2.19. The molecule has 0 bridgehead atoms. The molecule has 6 heteroatoms. The van der Waals surface area contributed by atoms with Gasteiger partial charge in [-0.3, -0.25) is 19.8 Å². The largest absolute Gasteiger partial charge is 0.331 e. The second-order valence-electron chi connectivity index (χ2n) is 5.36. The Morgan fingerprint density at radius 3 is 2.57 bits per heavy atom. The number of amides is 4. The second kappa shape index (κ2) is 7.92. The number of halogens is 1. The van der Waals surface area contributed by atoms with Gasteiger partial charge in [-0.2, -0.15) is 0 Å². The molecule has 1 heterocycles. The molecule has 1 aromatic rings. The number of urea groups is 1. The number of hydrogen-bond acceptors (Lipinski definition) is 3. The standard InChI is InChI=1S/C17H19ClN2O3/c1-2-3-4-7-10-20-16(22)13(15(21)19-17(20)23)11-12-8-5-6-9-14(12)18/h5-6,8-9,11H,2-4,7,10H2,1H3,(H,19,21,23)/b13-11+. The van der Waals surface area contributed by atoms with Crippen LogP contribution >= 0.6 is 11.6 Å². The van der Waals surface area contributed by atoms with E-state index in [4.69, 9.17) is 11.6 Å². The van der Waals surface area contributed by atoms with E-state index in [-0.39, 0.29) is 5.57 Å². The van der Waals surface area contributed by atoms with Crippen LogP contribution in [0.4, 0.5) is 4.79 Å². The summed E-state index contributed by atoms with van der Waals surface area (Å²) in [6.07, 6.45) is 5.19. The predicted molar refractivity (Wildman–Crippen MR) is 88.8 cm³/mol. The number of rotatable bonds is 6. The van der Waals surface area contributed by atoms with Gasteiger partial charge in [0.05, 0.1) is 0 Å². The van der Waals surface area contributed by atoms with E-state index in [9.17, 15) is 14.4 Å². The number of nitrogens with one attached hydrogen (secondary N) is 1. The van der Waals surface area contributed by atoms with Crippen LogP contribution in [0.2, 0.25) is 5.02 Å². The number of carbonyl (C=O) groups is 3. The molecule has 0 unspecified atom stereocenters. The van der Waals surface area contributed by atoms with Crippen LogP contribution in [-0.2, 0) is 9.59 Å². The third-order valence-electron chi connectivity index (χ3n) is 3.63. The van der Waals surface area contributed by atoms with Gasteiger partial charge in [-0.05, 0) is 24.1 Å². The molecule has 4 amide bonds. The third kappa shape index (κ3) is 4.20. The van der Waals surface area contributed by atoms with Crippen molar-refractivity contribution in [1.82, 2.24) is 10.2 Å². The van der Waals surface area contributed by atoms with E-state index < -0.39 is 17.8 Å². The van der Waals surface area contributed by atoms with E-state index in [1.807, 2.05) is 0 Å². The Kier molecular flexibility index (Phi) is 5.93. The summed E-state index contributed by atoms with van der Waals surface area (Å²) >= 11 is 6.05. The van der Waals surface area contributed by atoms with Crippen molar-refractivity contribution in [3.63, 3.8) is 0 Å². The Hall–Kier alpha value is -2.14. The van der Waals surface area contributed by atoms with Crippen LogP contribution in [0, 0.1) is 0 Å². The Bertz CT molecular complexity index is 655. The van der Waals surface area contributed by atoms with E-state index in [2.05, 4.69) is 12.2 Å². The number of nitrogens with zero attached hydrogens (tertiary/aromatic N) is 1. The van der Waals surface area contributed by atoms with Gasteiger partial charge in [0.1, 0.15) is 5.57 Å². The van der Waals surface area contributed by atoms with Crippen LogP contribution in [0.3, 0.4) is 0 Å². The highest BCUT2D eigenvalue weighted by Gasteiger charge is 2.35. The molecule has 0 atom stereocenters. The lowest BCUT2D eigenvalue weighted by Gasteiger charge is -2.26. The van der Waals surface area contributed by atoms with E-state index in [1.54, 1.807) is 24.3 Å². The summed E-state index contributed by atoms with van der Waals surface area (Å²) in [7, 11) is 0. The second-order valence-corrected chi connectivity index (χ2v) is 5.76. The van der Waals surface area contributed by atoms with Crippen LogP contribution < -0.4 is 5.32 Å². The average Bonchev–Trinajstić information content (AvgIpc) is 2.52. The molecule has 122 valence electrons. The molecule has 1 N–H and O–H groups in total. The zero-order valence-electron chi connectivity index (χ0n) is 13.0. The molecule has 23 heavy (non-hydrogen) atoms. The number of benzene rings is 1. The van der Waals surface area contributed by atoms with Gasteiger partial charge in [0.25, 0.3) is 11.8 Å². The van der Waals surface area contributed by atoms with Gasteiger partial charge >= 0.3 is 6.03 Å². The first-order valence-electron chi connectivity index (χ1n) is 7.68. The highest BCUT2D eigenvalue weighted by atomic mass is 35.5. The smallest absolute Gasteiger partial charge is 0.273 e. The zero-order valence-corrected chi connectivity index (χ0v) is 13.7. The summed E-state index contributed by atoms with van der Waals surface area (Å²) in [5, 5.41) is 2.64. The Morgan fingerprint density at radius 1 is 1.13 bits per heavy atom. The minimum atomic E-state index is -0.690. The van der Waals surface area contributed by atoms with Crippen molar-refractivity contribution >= 4 is 35.5 Å². The SMILES string of the molecule is CCCCCCN1C(=O)NC(=O)/C(=C\c2ccccc2Cl)C1=O. The van der Waals surface area contributed by atoms with Crippen LogP contribution in [0.5, 0.6) is 0 Å². The zero-order chi connectivity index (χ0) is 16.8. The maximum absolute atomic E-state index is 12.5. The maximum Gasteiger partial charge on any atom is 0.331 e. The molecule has 0 aliphatic carbocycles. The topological polar surface area (TPSA) is 66.5 Å². The molecule has 1 aromatic carbocycles. The first kappa shape index (κ1) is 17.2. The molecule has 5 nitrogen and oxygen atoms in total. The molecule has 2 rings (SSSR count). The molecule has 1 aliphatic rings. The summed E-state index contributed by atoms with van der Waals surface area (Å²) < 4.78 is 0.